The van der Waals surface area contributed by atoms with Crippen molar-refractivity contribution in [3.8, 4) is 0 Å². The maximum Gasteiger partial charge on any atom is 0.338 e. The number of rotatable bonds is 44. The topological polar surface area (TPSA) is 238 Å². The average Bonchev–Trinajstić information content (AvgIpc) is 3.27. The number of nitro groups is 2. The number of nitrogens with zero attached hydrogens (tertiary/aromatic N) is 2. The molecule has 0 heterocycles. The Bertz CT molecular complexity index is 1430. The largest absolute Gasteiger partial charge is 0.460 e. The summed E-state index contributed by atoms with van der Waals surface area (Å²) in [5.74, 6) is -0.374. The summed E-state index contributed by atoms with van der Waals surface area (Å²) in [4.78, 5) is 32.8. The number of nitrogens with one attached hydrogen (secondary N) is 2. The van der Waals surface area contributed by atoms with Crippen LogP contribution in [0.4, 0.5) is 22.7 Å². The lowest BCUT2D eigenvalue weighted by Gasteiger charge is -2.09. The van der Waals surface area contributed by atoms with Gasteiger partial charge in [-0.05, 0) is 36.8 Å². The number of hydrogen-bond donors (Lipinski definition) is 2. The molecule has 2 N–H and O–H groups in total. The summed E-state index contributed by atoms with van der Waals surface area (Å²) in [5, 5.41) is 28.2. The second-order valence-electron chi connectivity index (χ2n) is 12.9. The van der Waals surface area contributed by atoms with Gasteiger partial charge in [-0.1, -0.05) is 13.3 Å². The normalized spacial score (nSPS) is 11.2. The predicted octanol–water partition coefficient (Wildman–Crippen LogP) is 4.17. The van der Waals surface area contributed by atoms with Gasteiger partial charge < -0.3 is 67.5 Å². The van der Waals surface area contributed by atoms with Gasteiger partial charge in [0.2, 0.25) is 0 Å². The van der Waals surface area contributed by atoms with Gasteiger partial charge in [0.15, 0.2) is 0 Å². The fourth-order valence-electron chi connectivity index (χ4n) is 4.90. The highest BCUT2D eigenvalue weighted by atomic mass is 16.6. The first-order chi connectivity index (χ1) is 30.4. The fraction of sp³-hybridized carbons (Fsp3) is 0.683. The van der Waals surface area contributed by atoms with Crippen LogP contribution in [0.5, 0.6) is 0 Å². The van der Waals surface area contributed by atoms with Crippen LogP contribution in [0.15, 0.2) is 42.5 Å². The van der Waals surface area contributed by atoms with Crippen LogP contribution in [0.2, 0.25) is 0 Å². The minimum absolute atomic E-state index is 0.175. The molecule has 0 saturated heterocycles. The molecule has 0 aliphatic carbocycles. The third kappa shape index (κ3) is 29.2. The number of anilines is 2. The smallest absolute Gasteiger partial charge is 0.338 e. The number of carbonyl (C=O) groups excluding carboxylic acids is 1. The molecule has 2 aromatic carbocycles. The summed E-state index contributed by atoms with van der Waals surface area (Å²) in [6, 6.07) is 10.7. The number of hydrogen-bond acceptors (Lipinski definition) is 19. The quantitative estimate of drug-likeness (QED) is 0.0411. The lowest BCUT2D eigenvalue weighted by molar-refractivity contribution is -0.393. The van der Waals surface area contributed by atoms with E-state index in [4.69, 9.17) is 56.8 Å². The highest BCUT2D eigenvalue weighted by Crippen LogP contribution is 2.28. The predicted molar refractivity (Wildman–Crippen MR) is 227 cm³/mol. The SMILES string of the molecule is CCCCNc1ccc(C(=O)OCCOCCOCCOCCOCCOCCOCCOCCOCCOCCOCCOCCNc2ccc([N+](=O)[O-])cc2[N+](=O)[O-])cc1. The van der Waals surface area contributed by atoms with Crippen LogP contribution in [-0.2, 0) is 56.8 Å². The first-order valence-electron chi connectivity index (χ1n) is 20.9. The van der Waals surface area contributed by atoms with Crippen molar-refractivity contribution in [1.29, 1.82) is 0 Å². The monoisotopic (exact) mass is 886 g/mol. The minimum atomic E-state index is -0.683. The van der Waals surface area contributed by atoms with Crippen molar-refractivity contribution < 1.29 is 71.5 Å². The van der Waals surface area contributed by atoms with E-state index < -0.39 is 9.85 Å². The summed E-state index contributed by atoms with van der Waals surface area (Å²) in [7, 11) is 0. The van der Waals surface area contributed by atoms with Crippen LogP contribution in [0.25, 0.3) is 0 Å². The molecular formula is C41H66N4O17. The van der Waals surface area contributed by atoms with Crippen LogP contribution in [0, 0.1) is 20.2 Å². The second-order valence-corrected chi connectivity index (χ2v) is 12.9. The van der Waals surface area contributed by atoms with Gasteiger partial charge in [-0.3, -0.25) is 20.2 Å². The number of esters is 1. The average molecular weight is 887 g/mol. The molecule has 0 amide bonds. The molecule has 0 aliphatic rings. The van der Waals surface area contributed by atoms with E-state index >= 15 is 0 Å². The number of nitro benzene ring substituents is 2. The zero-order valence-corrected chi connectivity index (χ0v) is 36.0. The van der Waals surface area contributed by atoms with Crippen LogP contribution in [0.3, 0.4) is 0 Å². The zero-order chi connectivity index (χ0) is 44.6. The third-order valence-electron chi connectivity index (χ3n) is 8.11. The molecule has 2 aromatic rings. The second kappa shape index (κ2) is 38.5. The molecule has 0 aliphatic heterocycles. The lowest BCUT2D eigenvalue weighted by atomic mass is 10.2. The maximum absolute atomic E-state index is 12.1. The van der Waals surface area contributed by atoms with Gasteiger partial charge in [-0.25, -0.2) is 4.79 Å². The molecule has 62 heavy (non-hydrogen) atoms. The summed E-state index contributed by atoms with van der Waals surface area (Å²) in [5.41, 5.74) is 0.952. The van der Waals surface area contributed by atoms with Gasteiger partial charge in [0.1, 0.15) is 12.3 Å². The molecule has 2 rings (SSSR count). The van der Waals surface area contributed by atoms with Crippen LogP contribution in [0.1, 0.15) is 30.1 Å². The van der Waals surface area contributed by atoms with Crippen molar-refractivity contribution in [2.24, 2.45) is 0 Å². The number of non-ortho nitro benzene ring substituents is 1. The molecule has 0 bridgehead atoms. The molecule has 0 saturated carbocycles. The number of benzene rings is 2. The molecule has 0 fully saturated rings. The Morgan fingerprint density at radius 1 is 0.484 bits per heavy atom. The Balaban J connectivity index is 1.19. The fourth-order valence-corrected chi connectivity index (χ4v) is 4.90. The molecule has 0 unspecified atom stereocenters. The molecule has 0 radical (unpaired) electrons. The third-order valence-corrected chi connectivity index (χ3v) is 8.11. The van der Waals surface area contributed by atoms with Gasteiger partial charge >= 0.3 is 5.97 Å². The molecule has 352 valence electrons. The molecule has 21 nitrogen and oxygen atoms in total. The van der Waals surface area contributed by atoms with Crippen LogP contribution < -0.4 is 10.6 Å². The standard InChI is InChI=1S/C41H66N4O17/c1-2-3-10-42-37-6-4-36(5-7-37)41(46)62-34-33-61-32-31-60-30-29-59-28-27-58-26-25-57-24-23-56-22-21-55-20-19-54-18-17-53-16-15-52-14-13-51-12-11-43-39-9-8-38(44(47)48)35-40(39)45(49)50/h4-9,35,42-43H,2-3,10-34H2,1H3. The van der Waals surface area contributed by atoms with E-state index in [1.165, 1.54) is 12.1 Å². The van der Waals surface area contributed by atoms with Gasteiger partial charge in [-0.2, -0.15) is 0 Å². The van der Waals surface area contributed by atoms with Gasteiger partial charge in [0.05, 0.1) is 167 Å². The molecule has 21 heteroatoms. The van der Waals surface area contributed by atoms with Crippen molar-refractivity contribution in [2.45, 2.75) is 19.8 Å². The summed E-state index contributed by atoms with van der Waals surface area (Å²) >= 11 is 0. The highest BCUT2D eigenvalue weighted by molar-refractivity contribution is 5.89. The van der Waals surface area contributed by atoms with Gasteiger partial charge in [0.25, 0.3) is 11.4 Å². The van der Waals surface area contributed by atoms with Crippen LogP contribution in [-0.4, -0.2) is 181 Å². The summed E-state index contributed by atoms with van der Waals surface area (Å²) in [6.07, 6.45) is 2.22. The Morgan fingerprint density at radius 2 is 0.871 bits per heavy atom. The van der Waals surface area contributed by atoms with E-state index in [0.717, 1.165) is 31.1 Å². The number of unbranched alkanes of at least 4 members (excludes halogenated alkanes) is 1. The van der Waals surface area contributed by atoms with Gasteiger partial charge in [-0.15, -0.1) is 0 Å². The highest BCUT2D eigenvalue weighted by Gasteiger charge is 2.19. The molecule has 0 spiro atoms. The van der Waals surface area contributed by atoms with E-state index in [9.17, 15) is 25.0 Å². The molecule has 0 atom stereocenters. The van der Waals surface area contributed by atoms with Crippen molar-refractivity contribution >= 4 is 28.7 Å². The van der Waals surface area contributed by atoms with E-state index in [1.54, 1.807) is 12.1 Å². The van der Waals surface area contributed by atoms with Crippen molar-refractivity contribution in [3.05, 3.63) is 68.3 Å². The van der Waals surface area contributed by atoms with E-state index in [1.807, 2.05) is 12.1 Å². The Morgan fingerprint density at radius 3 is 1.24 bits per heavy atom. The molecular weight excluding hydrogens is 820 g/mol. The van der Waals surface area contributed by atoms with Crippen molar-refractivity contribution in [2.75, 3.05) is 176 Å². The van der Waals surface area contributed by atoms with E-state index in [-0.39, 0.29) is 42.8 Å². The number of ether oxygens (including phenoxy) is 12. The first-order valence-corrected chi connectivity index (χ1v) is 20.9. The maximum atomic E-state index is 12.1. The van der Waals surface area contributed by atoms with Crippen molar-refractivity contribution in [1.82, 2.24) is 0 Å². The summed E-state index contributed by atoms with van der Waals surface area (Å²) in [6.45, 7) is 12.7. The molecule has 0 aromatic heterocycles. The zero-order valence-electron chi connectivity index (χ0n) is 36.0. The Kier molecular flexibility index (Phi) is 33.6. The van der Waals surface area contributed by atoms with Crippen LogP contribution >= 0.6 is 0 Å². The number of carbonyl (C=O) groups is 1. The Hall–Kier alpha value is -4.13. The van der Waals surface area contributed by atoms with Crippen molar-refractivity contribution in [3.63, 3.8) is 0 Å². The van der Waals surface area contributed by atoms with E-state index in [0.29, 0.717) is 144 Å². The lowest BCUT2D eigenvalue weighted by Crippen LogP contribution is -2.16. The van der Waals surface area contributed by atoms with E-state index in [2.05, 4.69) is 17.6 Å². The minimum Gasteiger partial charge on any atom is -0.460 e. The first kappa shape index (κ1) is 54.0. The summed E-state index contributed by atoms with van der Waals surface area (Å²) < 4.78 is 65.4. The Labute approximate surface area is 363 Å². The van der Waals surface area contributed by atoms with Gasteiger partial charge in [0, 0.05) is 24.8 Å².